The van der Waals surface area contributed by atoms with Gasteiger partial charge >= 0.3 is 5.97 Å². The van der Waals surface area contributed by atoms with Crippen molar-refractivity contribution in [2.75, 3.05) is 6.61 Å². The molecule has 5 heteroatoms. The summed E-state index contributed by atoms with van der Waals surface area (Å²) >= 11 is 5.71. The van der Waals surface area contributed by atoms with Crippen molar-refractivity contribution in [1.29, 1.82) is 0 Å². The molecule has 0 aliphatic rings. The lowest BCUT2D eigenvalue weighted by molar-refractivity contribution is 0.0525. The fraction of sp³-hybridized carbons (Fsp3) is 0.300. The standard InChI is InChI=1S/C10H9ClN2O2/c1-4-15-10(14)7-5-8(12-3)9(11)13-6(7)2/h5H,4H2,1-2H3. The Bertz CT molecular complexity index is 438. The van der Waals surface area contributed by atoms with Crippen molar-refractivity contribution in [3.63, 3.8) is 0 Å². The van der Waals surface area contributed by atoms with E-state index in [1.54, 1.807) is 13.8 Å². The number of hydrogen-bond donors (Lipinski definition) is 0. The Morgan fingerprint density at radius 1 is 1.73 bits per heavy atom. The highest BCUT2D eigenvalue weighted by molar-refractivity contribution is 6.32. The van der Waals surface area contributed by atoms with Gasteiger partial charge in [0.2, 0.25) is 5.69 Å². The maximum atomic E-state index is 11.4. The van der Waals surface area contributed by atoms with Gasteiger partial charge in [-0.1, -0.05) is 11.6 Å². The number of aromatic nitrogens is 1. The molecular formula is C10H9ClN2O2. The molecule has 0 saturated heterocycles. The van der Waals surface area contributed by atoms with Crippen molar-refractivity contribution in [3.05, 3.63) is 33.9 Å². The number of ether oxygens (including phenoxy) is 1. The van der Waals surface area contributed by atoms with E-state index in [9.17, 15) is 4.79 Å². The highest BCUT2D eigenvalue weighted by atomic mass is 35.5. The largest absolute Gasteiger partial charge is 0.462 e. The number of nitrogens with zero attached hydrogens (tertiary/aromatic N) is 2. The van der Waals surface area contributed by atoms with Gasteiger partial charge in [0.15, 0.2) is 0 Å². The molecule has 0 fully saturated rings. The van der Waals surface area contributed by atoms with Crippen LogP contribution in [-0.4, -0.2) is 17.6 Å². The third-order valence-corrected chi connectivity index (χ3v) is 2.04. The van der Waals surface area contributed by atoms with E-state index in [4.69, 9.17) is 22.9 Å². The summed E-state index contributed by atoms with van der Waals surface area (Å²) in [6.45, 7) is 10.5. The van der Waals surface area contributed by atoms with Crippen LogP contribution in [0.15, 0.2) is 6.07 Å². The smallest absolute Gasteiger partial charge is 0.338 e. The van der Waals surface area contributed by atoms with Gasteiger partial charge in [-0.2, -0.15) is 0 Å². The summed E-state index contributed by atoms with van der Waals surface area (Å²) in [5.41, 5.74) is 0.906. The first kappa shape index (κ1) is 11.5. The Labute approximate surface area is 92.7 Å². The highest BCUT2D eigenvalue weighted by Gasteiger charge is 2.14. The summed E-state index contributed by atoms with van der Waals surface area (Å²) < 4.78 is 4.82. The third kappa shape index (κ3) is 2.45. The molecule has 15 heavy (non-hydrogen) atoms. The molecule has 1 rings (SSSR count). The number of carbonyl (C=O) groups is 1. The van der Waals surface area contributed by atoms with Gasteiger partial charge in [0.25, 0.3) is 0 Å². The minimum atomic E-state index is -0.482. The monoisotopic (exact) mass is 224 g/mol. The van der Waals surface area contributed by atoms with Crippen LogP contribution in [0.25, 0.3) is 4.85 Å². The van der Waals surface area contributed by atoms with Crippen molar-refractivity contribution in [2.45, 2.75) is 13.8 Å². The summed E-state index contributed by atoms with van der Waals surface area (Å²) in [5, 5.41) is 0.107. The van der Waals surface area contributed by atoms with Gasteiger partial charge in [-0.15, -0.1) is 0 Å². The number of pyridine rings is 1. The predicted octanol–water partition coefficient (Wildman–Crippen LogP) is 2.77. The average Bonchev–Trinajstić information content (AvgIpc) is 2.18. The zero-order valence-electron chi connectivity index (χ0n) is 8.37. The van der Waals surface area contributed by atoms with Crippen LogP contribution >= 0.6 is 11.6 Å². The summed E-state index contributed by atoms with van der Waals surface area (Å²) in [4.78, 5) is 18.5. The Morgan fingerprint density at radius 3 is 2.93 bits per heavy atom. The molecule has 0 unspecified atom stereocenters. The fourth-order valence-electron chi connectivity index (χ4n) is 1.06. The molecule has 1 aromatic heterocycles. The van der Waals surface area contributed by atoms with Crippen molar-refractivity contribution in [1.82, 2.24) is 4.98 Å². The van der Waals surface area contributed by atoms with Gasteiger partial charge in [0.05, 0.1) is 24.4 Å². The number of aryl methyl sites for hydroxylation is 1. The lowest BCUT2D eigenvalue weighted by atomic mass is 10.2. The number of carbonyl (C=O) groups excluding carboxylic acids is 1. The molecule has 0 saturated carbocycles. The first-order valence-corrected chi connectivity index (χ1v) is 4.69. The number of esters is 1. The number of halogens is 1. The van der Waals surface area contributed by atoms with E-state index in [1.165, 1.54) is 6.07 Å². The maximum absolute atomic E-state index is 11.4. The first-order chi connectivity index (χ1) is 7.10. The van der Waals surface area contributed by atoms with Gasteiger partial charge in [-0.3, -0.25) is 4.98 Å². The molecule has 0 atom stereocenters. The molecule has 0 amide bonds. The van der Waals surface area contributed by atoms with Crippen LogP contribution in [0, 0.1) is 13.5 Å². The SMILES string of the molecule is [C-]#[N+]c1cc(C(=O)OCC)c(C)nc1Cl. The van der Waals surface area contributed by atoms with E-state index < -0.39 is 5.97 Å². The molecular weight excluding hydrogens is 216 g/mol. The Hall–Kier alpha value is -1.60. The van der Waals surface area contributed by atoms with Gasteiger partial charge in [-0.05, 0) is 19.9 Å². The molecule has 0 spiro atoms. The molecule has 1 heterocycles. The van der Waals surface area contributed by atoms with E-state index in [0.29, 0.717) is 5.69 Å². The van der Waals surface area contributed by atoms with E-state index in [0.717, 1.165) is 0 Å². The van der Waals surface area contributed by atoms with Crippen molar-refractivity contribution >= 4 is 23.3 Å². The van der Waals surface area contributed by atoms with Crippen molar-refractivity contribution < 1.29 is 9.53 Å². The summed E-state index contributed by atoms with van der Waals surface area (Å²) in [5.74, 6) is -0.482. The minimum Gasteiger partial charge on any atom is -0.462 e. The molecule has 0 bridgehead atoms. The lowest BCUT2D eigenvalue weighted by Crippen LogP contribution is -2.07. The third-order valence-electron chi connectivity index (χ3n) is 1.76. The quantitative estimate of drug-likeness (QED) is 0.441. The molecule has 0 aliphatic carbocycles. The second-order valence-electron chi connectivity index (χ2n) is 2.76. The molecule has 0 aliphatic heterocycles. The molecule has 78 valence electrons. The summed E-state index contributed by atoms with van der Waals surface area (Å²) in [7, 11) is 0. The lowest BCUT2D eigenvalue weighted by Gasteiger charge is -2.05. The van der Waals surface area contributed by atoms with Crippen LogP contribution in [-0.2, 0) is 4.74 Å². The molecule has 0 radical (unpaired) electrons. The molecule has 1 aromatic rings. The normalized spacial score (nSPS) is 9.47. The van der Waals surface area contributed by atoms with E-state index in [2.05, 4.69) is 9.83 Å². The summed E-state index contributed by atoms with van der Waals surface area (Å²) in [6, 6.07) is 1.40. The highest BCUT2D eigenvalue weighted by Crippen LogP contribution is 2.25. The topological polar surface area (TPSA) is 43.5 Å². The van der Waals surface area contributed by atoms with Crippen LogP contribution in [0.4, 0.5) is 5.69 Å². The van der Waals surface area contributed by atoms with Crippen molar-refractivity contribution in [3.8, 4) is 0 Å². The number of hydrogen-bond acceptors (Lipinski definition) is 3. The number of rotatable bonds is 2. The van der Waals surface area contributed by atoms with Gasteiger partial charge in [0.1, 0.15) is 5.15 Å². The maximum Gasteiger partial charge on any atom is 0.338 e. The zero-order chi connectivity index (χ0) is 11.4. The van der Waals surface area contributed by atoms with Crippen LogP contribution in [0.5, 0.6) is 0 Å². The van der Waals surface area contributed by atoms with E-state index in [-0.39, 0.29) is 23.0 Å². The van der Waals surface area contributed by atoms with E-state index in [1.807, 2.05) is 0 Å². The Kier molecular flexibility index (Phi) is 3.64. The van der Waals surface area contributed by atoms with Crippen molar-refractivity contribution in [2.24, 2.45) is 0 Å². The van der Waals surface area contributed by atoms with Crippen LogP contribution < -0.4 is 0 Å². The van der Waals surface area contributed by atoms with Crippen LogP contribution in [0.1, 0.15) is 23.0 Å². The molecule has 0 aromatic carbocycles. The van der Waals surface area contributed by atoms with Gasteiger partial charge < -0.3 is 4.74 Å². The molecule has 0 N–H and O–H groups in total. The molecule has 4 nitrogen and oxygen atoms in total. The van der Waals surface area contributed by atoms with Gasteiger partial charge in [-0.25, -0.2) is 9.64 Å². The van der Waals surface area contributed by atoms with Crippen LogP contribution in [0.3, 0.4) is 0 Å². The second-order valence-corrected chi connectivity index (χ2v) is 3.12. The predicted molar refractivity (Wildman–Crippen MR) is 56.2 cm³/mol. The first-order valence-electron chi connectivity index (χ1n) is 4.31. The zero-order valence-corrected chi connectivity index (χ0v) is 9.13. The fourth-order valence-corrected chi connectivity index (χ4v) is 1.28. The van der Waals surface area contributed by atoms with Gasteiger partial charge in [0, 0.05) is 0 Å². The minimum absolute atomic E-state index is 0.107. The Balaban J connectivity index is 3.20. The Morgan fingerprint density at radius 2 is 2.40 bits per heavy atom. The summed E-state index contributed by atoms with van der Waals surface area (Å²) in [6.07, 6.45) is 0. The van der Waals surface area contributed by atoms with Crippen LogP contribution in [0.2, 0.25) is 5.15 Å². The average molecular weight is 225 g/mol. The van der Waals surface area contributed by atoms with E-state index >= 15 is 0 Å². The second kappa shape index (κ2) is 4.76.